The van der Waals surface area contributed by atoms with Crippen molar-refractivity contribution in [2.24, 2.45) is 0 Å². The summed E-state index contributed by atoms with van der Waals surface area (Å²) in [5.41, 5.74) is 6.07. The lowest BCUT2D eigenvalue weighted by Gasteiger charge is -2.46. The first-order valence-corrected chi connectivity index (χ1v) is 12.7. The summed E-state index contributed by atoms with van der Waals surface area (Å²) in [5, 5.41) is 4.25. The van der Waals surface area contributed by atoms with Crippen molar-refractivity contribution in [2.45, 2.75) is 25.6 Å². The smallest absolute Gasteiger partial charge is 0.257 e. The Balaban J connectivity index is 1.30. The van der Waals surface area contributed by atoms with Crippen LogP contribution in [-0.2, 0) is 24.2 Å². The van der Waals surface area contributed by atoms with Crippen LogP contribution in [-0.4, -0.2) is 48.5 Å². The van der Waals surface area contributed by atoms with Gasteiger partial charge in [-0.1, -0.05) is 42.5 Å². The molecule has 0 unspecified atom stereocenters. The Morgan fingerprint density at radius 3 is 2.59 bits per heavy atom. The van der Waals surface area contributed by atoms with Gasteiger partial charge in [0, 0.05) is 31.0 Å². The second-order valence-corrected chi connectivity index (χ2v) is 9.67. The summed E-state index contributed by atoms with van der Waals surface area (Å²) >= 11 is 0. The average Bonchev–Trinajstić information content (AvgIpc) is 3.25. The van der Waals surface area contributed by atoms with Crippen LogP contribution in [0.4, 0.5) is 5.69 Å². The van der Waals surface area contributed by atoms with E-state index in [0.717, 1.165) is 52.0 Å². The molecule has 0 fully saturated rings. The number of rotatable bonds is 6. The highest BCUT2D eigenvalue weighted by atomic mass is 16.5. The molecule has 6 rings (SSSR count). The number of carbonyl (C=O) groups is 2. The van der Waals surface area contributed by atoms with Crippen LogP contribution < -0.4 is 15.0 Å². The maximum Gasteiger partial charge on any atom is 0.257 e. The van der Waals surface area contributed by atoms with Crippen LogP contribution in [0, 0.1) is 0 Å². The fourth-order valence-electron chi connectivity index (χ4n) is 5.82. The first kappa shape index (κ1) is 23.2. The molecule has 4 aromatic rings. The van der Waals surface area contributed by atoms with E-state index in [1.807, 2.05) is 72.6 Å². The summed E-state index contributed by atoms with van der Waals surface area (Å²) in [6.45, 7) is 1.40. The fourth-order valence-corrected chi connectivity index (χ4v) is 5.82. The van der Waals surface area contributed by atoms with Crippen LogP contribution in [0.25, 0.3) is 10.9 Å². The summed E-state index contributed by atoms with van der Waals surface area (Å²) < 4.78 is 7.34. The number of ether oxygens (including phenoxy) is 1. The molecule has 2 aliphatic rings. The number of hydrogen-bond donors (Lipinski definition) is 1. The topological polar surface area (TPSA) is 66.8 Å². The van der Waals surface area contributed by atoms with E-state index in [0.29, 0.717) is 13.1 Å². The molecular weight excluding hydrogens is 464 g/mol. The molecular formula is C30H30N4O3. The Morgan fingerprint density at radius 1 is 1.03 bits per heavy atom. The van der Waals surface area contributed by atoms with Gasteiger partial charge in [-0.2, -0.15) is 0 Å². The van der Waals surface area contributed by atoms with Crippen LogP contribution in [0.1, 0.15) is 33.3 Å². The minimum atomic E-state index is -0.259. The molecule has 188 valence electrons. The molecule has 0 spiro atoms. The van der Waals surface area contributed by atoms with Gasteiger partial charge < -0.3 is 24.4 Å². The van der Waals surface area contributed by atoms with E-state index >= 15 is 0 Å². The Kier molecular flexibility index (Phi) is 5.83. The molecule has 1 aromatic heterocycles. The predicted octanol–water partition coefficient (Wildman–Crippen LogP) is 4.16. The molecule has 1 N–H and O–H groups in total. The molecule has 0 saturated heterocycles. The monoisotopic (exact) mass is 494 g/mol. The molecule has 0 saturated carbocycles. The number of amides is 2. The van der Waals surface area contributed by atoms with Gasteiger partial charge in [-0.25, -0.2) is 0 Å². The summed E-state index contributed by atoms with van der Waals surface area (Å²) in [4.78, 5) is 30.8. The van der Waals surface area contributed by atoms with Gasteiger partial charge in [0.25, 0.3) is 5.91 Å². The van der Waals surface area contributed by atoms with Gasteiger partial charge in [0.2, 0.25) is 5.91 Å². The van der Waals surface area contributed by atoms with Crippen LogP contribution in [0.2, 0.25) is 0 Å². The number of anilines is 1. The maximum atomic E-state index is 13.5. The van der Waals surface area contributed by atoms with Crippen molar-refractivity contribution in [2.75, 3.05) is 32.1 Å². The van der Waals surface area contributed by atoms with Crippen molar-refractivity contribution < 1.29 is 14.3 Å². The normalized spacial score (nSPS) is 16.3. The number of carbonyl (C=O) groups excluding carboxylic acids is 2. The molecule has 0 bridgehead atoms. The minimum absolute atomic E-state index is 0.0422. The van der Waals surface area contributed by atoms with Gasteiger partial charge in [0.1, 0.15) is 18.5 Å². The fraction of sp³-hybridized carbons (Fsp3) is 0.267. The van der Waals surface area contributed by atoms with Crippen molar-refractivity contribution in [3.8, 4) is 5.75 Å². The van der Waals surface area contributed by atoms with Crippen molar-refractivity contribution in [3.05, 3.63) is 95.2 Å². The first-order chi connectivity index (χ1) is 18.1. The number of methoxy groups -OCH3 is 1. The van der Waals surface area contributed by atoms with Gasteiger partial charge in [-0.15, -0.1) is 0 Å². The van der Waals surface area contributed by atoms with Gasteiger partial charge in [-0.05, 0) is 54.3 Å². The molecule has 2 amide bonds. The molecule has 3 heterocycles. The lowest BCUT2D eigenvalue weighted by molar-refractivity contribution is -0.121. The molecule has 37 heavy (non-hydrogen) atoms. The van der Waals surface area contributed by atoms with Gasteiger partial charge in [0.15, 0.2) is 0 Å². The summed E-state index contributed by atoms with van der Waals surface area (Å²) in [6, 6.07) is 23.9. The highest BCUT2D eigenvalue weighted by Gasteiger charge is 2.42. The standard InChI is InChI=1S/C30H30N4O3/c1-32-25-9-5-4-8-24(25)30(36)33-18-16-23-22-7-3-6-10-26(22)34(28(23)29(32)33)19-27(35)31-17-15-20-11-13-21(37-2)14-12-20/h3-14,29H,15-19H2,1-2H3,(H,31,35)/t29-/m0/s1. The Labute approximate surface area is 216 Å². The Morgan fingerprint density at radius 2 is 1.78 bits per heavy atom. The number of nitrogens with one attached hydrogen (secondary N) is 1. The Bertz CT molecular complexity index is 1490. The second kappa shape index (κ2) is 9.32. The third-order valence-electron chi connectivity index (χ3n) is 7.60. The number of aromatic nitrogens is 1. The molecule has 1 atom stereocenters. The molecule has 0 radical (unpaired) electrons. The van der Waals surface area contributed by atoms with Crippen molar-refractivity contribution in [1.29, 1.82) is 0 Å². The molecule has 0 aliphatic carbocycles. The number of fused-ring (bicyclic) bond motifs is 6. The van der Waals surface area contributed by atoms with Crippen molar-refractivity contribution in [1.82, 2.24) is 14.8 Å². The van der Waals surface area contributed by atoms with Crippen LogP contribution >= 0.6 is 0 Å². The molecule has 2 aliphatic heterocycles. The van der Waals surface area contributed by atoms with Crippen molar-refractivity contribution >= 4 is 28.4 Å². The highest BCUT2D eigenvalue weighted by Crippen LogP contribution is 2.44. The van der Waals surface area contributed by atoms with Gasteiger partial charge in [0.05, 0.1) is 24.1 Å². The van der Waals surface area contributed by atoms with E-state index in [2.05, 4.69) is 26.9 Å². The quantitative estimate of drug-likeness (QED) is 0.437. The van der Waals surface area contributed by atoms with Crippen molar-refractivity contribution in [3.63, 3.8) is 0 Å². The molecule has 3 aromatic carbocycles. The number of benzene rings is 3. The average molecular weight is 495 g/mol. The SMILES string of the molecule is COc1ccc(CCNC(=O)Cn2c3c(c4ccccc42)CCN2C(=O)c4ccccc4N(C)[C@H]32)cc1. The van der Waals surface area contributed by atoms with E-state index in [9.17, 15) is 9.59 Å². The zero-order valence-corrected chi connectivity index (χ0v) is 21.1. The predicted molar refractivity (Wildman–Crippen MR) is 144 cm³/mol. The third kappa shape index (κ3) is 3.91. The Hall–Kier alpha value is -4.26. The summed E-state index contributed by atoms with van der Waals surface area (Å²) in [7, 11) is 3.69. The third-order valence-corrected chi connectivity index (χ3v) is 7.60. The van der Waals surface area contributed by atoms with Crippen LogP contribution in [0.3, 0.4) is 0 Å². The van der Waals surface area contributed by atoms with Crippen LogP contribution in [0.5, 0.6) is 5.75 Å². The maximum absolute atomic E-state index is 13.5. The van der Waals surface area contributed by atoms with E-state index in [1.54, 1.807) is 7.11 Å². The van der Waals surface area contributed by atoms with Gasteiger partial charge >= 0.3 is 0 Å². The minimum Gasteiger partial charge on any atom is -0.497 e. The number of nitrogens with zero attached hydrogens (tertiary/aromatic N) is 3. The van der Waals surface area contributed by atoms with E-state index in [1.165, 1.54) is 5.56 Å². The van der Waals surface area contributed by atoms with Gasteiger partial charge in [-0.3, -0.25) is 9.59 Å². The number of hydrogen-bond acceptors (Lipinski definition) is 4. The lowest BCUT2D eigenvalue weighted by Crippen LogP contribution is -2.51. The summed E-state index contributed by atoms with van der Waals surface area (Å²) in [5.74, 6) is 0.823. The number of para-hydroxylation sites is 2. The summed E-state index contributed by atoms with van der Waals surface area (Å²) in [6.07, 6.45) is 1.25. The van der Waals surface area contributed by atoms with E-state index in [4.69, 9.17) is 4.74 Å². The highest BCUT2D eigenvalue weighted by molar-refractivity contribution is 6.02. The van der Waals surface area contributed by atoms with E-state index in [-0.39, 0.29) is 24.5 Å². The van der Waals surface area contributed by atoms with E-state index < -0.39 is 0 Å². The zero-order valence-electron chi connectivity index (χ0n) is 21.1. The second-order valence-electron chi connectivity index (χ2n) is 9.67. The van der Waals surface area contributed by atoms with Crippen LogP contribution in [0.15, 0.2) is 72.8 Å². The first-order valence-electron chi connectivity index (χ1n) is 12.7. The zero-order chi connectivity index (χ0) is 25.5. The lowest BCUT2D eigenvalue weighted by atomic mass is 9.96. The largest absolute Gasteiger partial charge is 0.497 e. The molecule has 7 heteroatoms. The molecule has 7 nitrogen and oxygen atoms in total.